The number of phenols is 1. The molecule has 1 heterocycles. The number of nitrogens with one attached hydrogen (secondary N) is 2. The van der Waals surface area contributed by atoms with Gasteiger partial charge in [-0.3, -0.25) is 14.5 Å². The van der Waals surface area contributed by atoms with Gasteiger partial charge in [0, 0.05) is 5.69 Å². The predicted octanol–water partition coefficient (Wildman–Crippen LogP) is 2.42. The van der Waals surface area contributed by atoms with Crippen molar-refractivity contribution in [3.8, 4) is 11.5 Å². The highest BCUT2D eigenvalue weighted by molar-refractivity contribution is 6.10. The zero-order valence-corrected chi connectivity index (χ0v) is 16.7. The van der Waals surface area contributed by atoms with Gasteiger partial charge in [0.2, 0.25) is 5.91 Å². The molecule has 2 aromatic carbocycles. The number of urea groups is 1. The number of aryl methyl sites for hydroxylation is 2. The van der Waals surface area contributed by atoms with Crippen molar-refractivity contribution >= 4 is 23.5 Å². The summed E-state index contributed by atoms with van der Waals surface area (Å²) in [7, 11) is 1.56. The second kappa shape index (κ2) is 7.46. The van der Waals surface area contributed by atoms with E-state index < -0.39 is 29.9 Å². The van der Waals surface area contributed by atoms with Crippen LogP contribution in [0.25, 0.3) is 0 Å². The summed E-state index contributed by atoms with van der Waals surface area (Å²) in [6.45, 7) is 4.76. The van der Waals surface area contributed by atoms with Crippen molar-refractivity contribution in [3.63, 3.8) is 0 Å². The maximum absolute atomic E-state index is 13.0. The van der Waals surface area contributed by atoms with E-state index in [1.54, 1.807) is 45.2 Å². The van der Waals surface area contributed by atoms with Crippen LogP contribution in [0.3, 0.4) is 0 Å². The molecule has 8 heteroatoms. The van der Waals surface area contributed by atoms with Crippen LogP contribution in [0.2, 0.25) is 0 Å². The highest BCUT2D eigenvalue weighted by atomic mass is 16.5. The fourth-order valence-corrected chi connectivity index (χ4v) is 3.35. The summed E-state index contributed by atoms with van der Waals surface area (Å²) in [6, 6.07) is 9.10. The van der Waals surface area contributed by atoms with Crippen LogP contribution in [0.4, 0.5) is 10.5 Å². The summed E-state index contributed by atoms with van der Waals surface area (Å²) >= 11 is 0. The van der Waals surface area contributed by atoms with Crippen LogP contribution < -0.4 is 15.4 Å². The summed E-state index contributed by atoms with van der Waals surface area (Å²) in [5.74, 6) is -0.267. The molecule has 0 aromatic heterocycles. The van der Waals surface area contributed by atoms with Gasteiger partial charge in [-0.2, -0.15) is 0 Å². The number of carbonyl (C=O) groups excluding carboxylic acids is 3. The van der Waals surface area contributed by atoms with Crippen LogP contribution in [0.15, 0.2) is 36.4 Å². The number of ether oxygens (including phenoxy) is 1. The average molecular weight is 397 g/mol. The number of methoxy groups -OCH3 is 1. The van der Waals surface area contributed by atoms with E-state index in [9.17, 15) is 19.5 Å². The number of rotatable bonds is 5. The van der Waals surface area contributed by atoms with Crippen molar-refractivity contribution in [1.82, 2.24) is 10.2 Å². The molecule has 1 aliphatic heterocycles. The molecule has 2 aromatic rings. The lowest BCUT2D eigenvalue weighted by molar-refractivity contribution is -0.133. The van der Waals surface area contributed by atoms with Gasteiger partial charge >= 0.3 is 6.03 Å². The number of hydrogen-bond acceptors (Lipinski definition) is 5. The fourth-order valence-electron chi connectivity index (χ4n) is 3.35. The minimum Gasteiger partial charge on any atom is -0.508 e. The summed E-state index contributed by atoms with van der Waals surface area (Å²) in [5.41, 5.74) is 1.31. The van der Waals surface area contributed by atoms with E-state index in [0.717, 1.165) is 10.5 Å². The van der Waals surface area contributed by atoms with Gasteiger partial charge in [0.15, 0.2) is 0 Å². The van der Waals surface area contributed by atoms with E-state index >= 15 is 0 Å². The summed E-state index contributed by atoms with van der Waals surface area (Å²) in [5, 5.41) is 14.8. The van der Waals surface area contributed by atoms with E-state index in [-0.39, 0.29) is 5.75 Å². The van der Waals surface area contributed by atoms with E-state index in [1.165, 1.54) is 12.1 Å². The smallest absolute Gasteiger partial charge is 0.325 e. The zero-order chi connectivity index (χ0) is 21.3. The van der Waals surface area contributed by atoms with Crippen LogP contribution >= 0.6 is 0 Å². The number of nitrogens with zero attached hydrogens (tertiary/aromatic N) is 1. The molecule has 0 saturated carbocycles. The second-order valence-electron chi connectivity index (χ2n) is 7.18. The minimum absolute atomic E-state index is 0.0835. The first-order chi connectivity index (χ1) is 13.7. The summed E-state index contributed by atoms with van der Waals surface area (Å²) in [6.07, 6.45) is 0. The molecule has 3 N–H and O–H groups in total. The molecule has 0 radical (unpaired) electrons. The number of imide groups is 1. The van der Waals surface area contributed by atoms with Crippen LogP contribution in [0, 0.1) is 13.8 Å². The lowest BCUT2D eigenvalue weighted by atomic mass is 9.90. The Hall–Kier alpha value is -3.55. The lowest BCUT2D eigenvalue weighted by Gasteiger charge is -2.23. The van der Waals surface area contributed by atoms with Crippen LogP contribution in [0.5, 0.6) is 11.5 Å². The molecule has 1 fully saturated rings. The molecular formula is C21H23N3O5. The monoisotopic (exact) mass is 397 g/mol. The molecule has 1 unspecified atom stereocenters. The Labute approximate surface area is 168 Å². The average Bonchev–Trinajstić information content (AvgIpc) is 2.88. The maximum atomic E-state index is 13.0. The molecular weight excluding hydrogens is 374 g/mol. The molecule has 0 bridgehead atoms. The first kappa shape index (κ1) is 20.2. The second-order valence-corrected chi connectivity index (χ2v) is 7.18. The Morgan fingerprint density at radius 1 is 1.17 bits per heavy atom. The Morgan fingerprint density at radius 2 is 1.90 bits per heavy atom. The van der Waals surface area contributed by atoms with E-state index in [1.807, 2.05) is 6.92 Å². The lowest BCUT2D eigenvalue weighted by Crippen LogP contribution is -2.42. The number of anilines is 1. The van der Waals surface area contributed by atoms with Gasteiger partial charge < -0.3 is 20.5 Å². The molecule has 1 saturated heterocycles. The number of amides is 4. The number of hydrogen-bond donors (Lipinski definition) is 3. The minimum atomic E-state index is -1.27. The van der Waals surface area contributed by atoms with E-state index in [4.69, 9.17) is 4.74 Å². The van der Waals surface area contributed by atoms with Crippen LogP contribution in [-0.4, -0.2) is 41.5 Å². The molecule has 1 aliphatic rings. The first-order valence-corrected chi connectivity index (χ1v) is 9.04. The Kier molecular flexibility index (Phi) is 5.19. The Balaban J connectivity index is 1.77. The molecule has 4 amide bonds. The van der Waals surface area contributed by atoms with Crippen molar-refractivity contribution in [1.29, 1.82) is 0 Å². The predicted molar refractivity (Wildman–Crippen MR) is 107 cm³/mol. The highest BCUT2D eigenvalue weighted by Gasteiger charge is 2.49. The van der Waals surface area contributed by atoms with Gasteiger partial charge in [-0.1, -0.05) is 6.07 Å². The topological polar surface area (TPSA) is 108 Å². The molecule has 3 rings (SSSR count). The van der Waals surface area contributed by atoms with Crippen molar-refractivity contribution in [2.24, 2.45) is 0 Å². The van der Waals surface area contributed by atoms with Gasteiger partial charge in [0.05, 0.1) is 7.11 Å². The van der Waals surface area contributed by atoms with Gasteiger partial charge in [-0.25, -0.2) is 4.79 Å². The molecule has 0 spiro atoms. The van der Waals surface area contributed by atoms with Gasteiger partial charge in [-0.05, 0) is 67.8 Å². The Bertz CT molecular complexity index is 1000. The first-order valence-electron chi connectivity index (χ1n) is 9.04. The maximum Gasteiger partial charge on any atom is 0.325 e. The molecule has 1 atom stereocenters. The fraction of sp³-hybridized carbons (Fsp3) is 0.286. The molecule has 152 valence electrons. The van der Waals surface area contributed by atoms with Crippen molar-refractivity contribution in [2.75, 3.05) is 19.0 Å². The van der Waals surface area contributed by atoms with Crippen molar-refractivity contribution in [3.05, 3.63) is 53.1 Å². The molecule has 8 nitrogen and oxygen atoms in total. The standard InChI is InChI=1S/C21H23N3O5/c1-12-10-15(25)6-7-16(12)22-18(26)11-24-19(27)21(3,23-20(24)28)14-5-8-17(29-4)13(2)9-14/h5-10,25H,11H2,1-4H3,(H,22,26)(H,23,28). The number of carbonyl (C=O) groups is 3. The van der Waals surface area contributed by atoms with Crippen molar-refractivity contribution < 1.29 is 24.2 Å². The van der Waals surface area contributed by atoms with Crippen LogP contribution in [-0.2, 0) is 15.1 Å². The third kappa shape index (κ3) is 3.73. The number of benzene rings is 2. The number of aromatic hydroxyl groups is 1. The normalized spacial score (nSPS) is 18.6. The highest BCUT2D eigenvalue weighted by Crippen LogP contribution is 2.31. The SMILES string of the molecule is COc1ccc(C2(C)NC(=O)N(CC(=O)Nc3ccc(O)cc3C)C2=O)cc1C. The van der Waals surface area contributed by atoms with Gasteiger partial charge in [0.1, 0.15) is 23.6 Å². The van der Waals surface area contributed by atoms with E-state index in [2.05, 4.69) is 10.6 Å². The van der Waals surface area contributed by atoms with E-state index in [0.29, 0.717) is 22.6 Å². The number of phenolic OH excluding ortho intramolecular Hbond substituents is 1. The third-order valence-corrected chi connectivity index (χ3v) is 5.03. The quantitative estimate of drug-likeness (QED) is 0.530. The molecule has 0 aliphatic carbocycles. The van der Waals surface area contributed by atoms with Gasteiger partial charge in [-0.15, -0.1) is 0 Å². The summed E-state index contributed by atoms with van der Waals surface area (Å²) in [4.78, 5) is 38.8. The van der Waals surface area contributed by atoms with Crippen molar-refractivity contribution in [2.45, 2.75) is 26.3 Å². The molecule has 29 heavy (non-hydrogen) atoms. The largest absolute Gasteiger partial charge is 0.508 e. The van der Waals surface area contributed by atoms with Gasteiger partial charge in [0.25, 0.3) is 5.91 Å². The summed E-state index contributed by atoms with van der Waals surface area (Å²) < 4.78 is 5.24. The van der Waals surface area contributed by atoms with Crippen LogP contribution in [0.1, 0.15) is 23.6 Å². The third-order valence-electron chi connectivity index (χ3n) is 5.03. The Morgan fingerprint density at radius 3 is 2.52 bits per heavy atom. The zero-order valence-electron chi connectivity index (χ0n) is 16.7.